The summed E-state index contributed by atoms with van der Waals surface area (Å²) in [5.74, 6) is 0.820. The standard InChI is InChI=1S/C39H33N2O.C13H12N.Ir/c1-26-21-30(28-13-7-5-8-14-28)37(31(22-26)29-15-9-6-10-16-29)41-35-18-12-11-17-34(35)40-38(41)33-25-42-36-20-19-27(23-32(33)36)24-39(2,3)4;1-10-3-6-12(7-4-10)13-8-5-11(2)9-14-13;/h5-23H,24H2,1-4H3;3-6,8-9H,1-2H3;/q2*-1;/i;1D3,2D3;. The van der Waals surface area contributed by atoms with Gasteiger partial charge in [-0.3, -0.25) is 4.98 Å². The third kappa shape index (κ3) is 8.61. The number of aromatic nitrogens is 3. The van der Waals surface area contributed by atoms with E-state index in [1.807, 2.05) is 6.07 Å². The first-order valence-electron chi connectivity index (χ1n) is 21.7. The Balaban J connectivity index is 0.000000239. The van der Waals surface area contributed by atoms with Gasteiger partial charge in [0.25, 0.3) is 0 Å². The minimum absolute atomic E-state index is 0. The van der Waals surface area contributed by atoms with Crippen LogP contribution in [0.3, 0.4) is 0 Å². The number of nitrogens with zero attached hydrogens (tertiary/aromatic N) is 3. The van der Waals surface area contributed by atoms with Gasteiger partial charge in [0.1, 0.15) is 0 Å². The molecule has 0 bridgehead atoms. The average Bonchev–Trinajstić information content (AvgIpc) is 3.84. The van der Waals surface area contributed by atoms with E-state index in [0.717, 1.165) is 67.8 Å². The van der Waals surface area contributed by atoms with Gasteiger partial charge in [-0.2, -0.15) is 0 Å². The fraction of sp³-hybridized carbons (Fsp3) is 0.154. The molecule has 9 aromatic rings. The molecule has 0 amide bonds. The van der Waals surface area contributed by atoms with Crippen LogP contribution in [0.15, 0.2) is 156 Å². The Bertz CT molecular complexity index is 2870. The molecule has 3 heterocycles. The van der Waals surface area contributed by atoms with Crippen LogP contribution in [0.4, 0.5) is 0 Å². The van der Waals surface area contributed by atoms with Crippen molar-refractivity contribution in [2.75, 3.05) is 0 Å². The Morgan fingerprint density at radius 2 is 1.39 bits per heavy atom. The molecule has 0 saturated heterocycles. The van der Waals surface area contributed by atoms with Gasteiger partial charge < -0.3 is 14.0 Å². The molecule has 5 heteroatoms. The molecule has 285 valence electrons. The van der Waals surface area contributed by atoms with Crippen LogP contribution in [0.2, 0.25) is 0 Å². The van der Waals surface area contributed by atoms with Crippen LogP contribution in [0.25, 0.3) is 72.6 Å². The summed E-state index contributed by atoms with van der Waals surface area (Å²) in [7, 11) is 0. The van der Waals surface area contributed by atoms with Crippen LogP contribution in [-0.2, 0) is 26.5 Å². The minimum Gasteiger partial charge on any atom is -0.557 e. The maximum Gasteiger partial charge on any atom is 0.0774 e. The van der Waals surface area contributed by atoms with Gasteiger partial charge in [-0.15, -0.1) is 35.4 Å². The number of hydrogen-bond acceptors (Lipinski definition) is 3. The molecule has 0 atom stereocenters. The topological polar surface area (TPSA) is 43.9 Å². The monoisotopic (exact) mass is 926 g/mol. The summed E-state index contributed by atoms with van der Waals surface area (Å²) in [5, 5.41) is 1.03. The number of imidazole rings is 1. The van der Waals surface area contributed by atoms with Crippen molar-refractivity contribution in [3.63, 3.8) is 0 Å². The largest absolute Gasteiger partial charge is 0.557 e. The molecule has 0 spiro atoms. The van der Waals surface area contributed by atoms with Crippen LogP contribution in [-0.4, -0.2) is 14.5 Å². The van der Waals surface area contributed by atoms with Gasteiger partial charge in [0.15, 0.2) is 0 Å². The van der Waals surface area contributed by atoms with Gasteiger partial charge in [-0.05, 0) is 77.8 Å². The van der Waals surface area contributed by atoms with Crippen molar-refractivity contribution < 1.29 is 32.7 Å². The molecule has 0 aliphatic carbocycles. The number of rotatable bonds is 6. The van der Waals surface area contributed by atoms with Gasteiger partial charge in [0, 0.05) is 57.5 Å². The molecular formula is C52H45IrN3O-2. The summed E-state index contributed by atoms with van der Waals surface area (Å²) in [5.41, 5.74) is 13.6. The van der Waals surface area contributed by atoms with Gasteiger partial charge in [0.2, 0.25) is 0 Å². The van der Waals surface area contributed by atoms with Crippen LogP contribution >= 0.6 is 0 Å². The maximum atomic E-state index is 7.28. The SMILES string of the molecule is Cc1cc(-c2ccccc2)c(-n2c(-c3[c-]oc4ccc(CC(C)(C)C)cc34)nc3ccccc32)c(-c2ccccc2)c1.[2H]C([2H])([2H])c1c[c-]c(-c2ccc(C([2H])([2H])[2H])cn2)cc1.[Ir]. The molecule has 0 aliphatic rings. The van der Waals surface area contributed by atoms with E-state index in [1.165, 1.54) is 35.5 Å². The predicted octanol–water partition coefficient (Wildman–Crippen LogP) is 13.6. The smallest absolute Gasteiger partial charge is 0.0774 e. The van der Waals surface area contributed by atoms with Crippen molar-refractivity contribution in [3.05, 3.63) is 186 Å². The quantitative estimate of drug-likeness (QED) is 0.156. The predicted molar refractivity (Wildman–Crippen MR) is 232 cm³/mol. The number of aryl methyl sites for hydroxylation is 3. The second-order valence-electron chi connectivity index (χ2n) is 15.3. The average molecular weight is 926 g/mol. The van der Waals surface area contributed by atoms with Gasteiger partial charge in [-0.1, -0.05) is 147 Å². The molecule has 57 heavy (non-hydrogen) atoms. The molecule has 0 aliphatic heterocycles. The minimum atomic E-state index is -2.18. The van der Waals surface area contributed by atoms with E-state index in [0.29, 0.717) is 11.3 Å². The van der Waals surface area contributed by atoms with Gasteiger partial charge >= 0.3 is 0 Å². The summed E-state index contributed by atoms with van der Waals surface area (Å²) >= 11 is 0. The molecule has 4 nitrogen and oxygen atoms in total. The van der Waals surface area contributed by atoms with Crippen LogP contribution in [0.5, 0.6) is 0 Å². The summed E-state index contributed by atoms with van der Waals surface area (Å²) in [6, 6.07) is 51.2. The van der Waals surface area contributed by atoms with E-state index in [1.54, 1.807) is 12.1 Å². The molecule has 3 aromatic heterocycles. The molecule has 6 aromatic carbocycles. The van der Waals surface area contributed by atoms with Crippen molar-refractivity contribution in [2.24, 2.45) is 5.41 Å². The molecular weight excluding hydrogens is 875 g/mol. The van der Waals surface area contributed by atoms with E-state index in [-0.39, 0.29) is 36.6 Å². The van der Waals surface area contributed by atoms with Crippen molar-refractivity contribution in [1.29, 1.82) is 0 Å². The zero-order valence-corrected chi connectivity index (χ0v) is 34.6. The van der Waals surface area contributed by atoms with Crippen molar-refractivity contribution in [3.8, 4) is 50.6 Å². The second-order valence-corrected chi connectivity index (χ2v) is 15.3. The third-order valence-corrected chi connectivity index (χ3v) is 9.59. The van der Waals surface area contributed by atoms with Gasteiger partial charge in [-0.25, -0.2) is 0 Å². The normalized spacial score (nSPS) is 13.3. The van der Waals surface area contributed by atoms with E-state index in [2.05, 4.69) is 159 Å². The van der Waals surface area contributed by atoms with Crippen LogP contribution in [0, 0.1) is 38.4 Å². The van der Waals surface area contributed by atoms with E-state index in [4.69, 9.17) is 17.6 Å². The van der Waals surface area contributed by atoms with E-state index >= 15 is 0 Å². The molecule has 9 rings (SSSR count). The number of benzene rings is 6. The Morgan fingerprint density at radius 1 is 0.719 bits per heavy atom. The molecule has 0 unspecified atom stereocenters. The zero-order chi connectivity index (χ0) is 43.8. The van der Waals surface area contributed by atoms with Gasteiger partial charge in [0.05, 0.1) is 22.5 Å². The summed E-state index contributed by atoms with van der Waals surface area (Å²) < 4.78 is 52.0. The van der Waals surface area contributed by atoms with E-state index < -0.39 is 13.7 Å². The van der Waals surface area contributed by atoms with Crippen molar-refractivity contribution >= 4 is 22.0 Å². The first kappa shape index (κ1) is 32.2. The Hall–Kier alpha value is -5.87. The summed E-state index contributed by atoms with van der Waals surface area (Å²) in [6.07, 6.45) is 5.53. The Morgan fingerprint density at radius 3 is 2.00 bits per heavy atom. The molecule has 1 radical (unpaired) electrons. The van der Waals surface area contributed by atoms with Crippen LogP contribution in [0.1, 0.15) is 51.2 Å². The van der Waals surface area contributed by atoms with Crippen molar-refractivity contribution in [1.82, 2.24) is 14.5 Å². The van der Waals surface area contributed by atoms with Crippen LogP contribution < -0.4 is 0 Å². The molecule has 0 N–H and O–H groups in total. The number of para-hydroxylation sites is 2. The number of pyridine rings is 1. The van der Waals surface area contributed by atoms with Crippen molar-refractivity contribution in [2.45, 2.75) is 47.8 Å². The number of hydrogen-bond donors (Lipinski definition) is 0. The molecule has 0 saturated carbocycles. The zero-order valence-electron chi connectivity index (χ0n) is 38.2. The summed E-state index contributed by atoms with van der Waals surface area (Å²) in [6.45, 7) is 4.64. The fourth-order valence-corrected chi connectivity index (χ4v) is 7.16. The number of fused-ring (bicyclic) bond motifs is 2. The Kier molecular flexibility index (Phi) is 9.44. The fourth-order valence-electron chi connectivity index (χ4n) is 7.16. The first-order valence-corrected chi connectivity index (χ1v) is 18.7. The Labute approximate surface area is 358 Å². The van der Waals surface area contributed by atoms with E-state index in [9.17, 15) is 0 Å². The summed E-state index contributed by atoms with van der Waals surface area (Å²) in [4.78, 5) is 9.32. The first-order chi connectivity index (χ1) is 29.5. The third-order valence-electron chi connectivity index (χ3n) is 9.59. The number of furan rings is 1. The molecule has 0 fully saturated rings. The maximum absolute atomic E-state index is 7.28. The second kappa shape index (κ2) is 16.7.